The van der Waals surface area contributed by atoms with Crippen molar-refractivity contribution in [1.82, 2.24) is 5.32 Å². The highest BCUT2D eigenvalue weighted by atomic mass is 32.2. The molecular formula is C18H20N2S. The Hall–Kier alpha value is -1.48. The number of hydrogen-bond donors (Lipinski definition) is 1. The second kappa shape index (κ2) is 5.72. The summed E-state index contributed by atoms with van der Waals surface area (Å²) in [6.45, 7) is 0. The van der Waals surface area contributed by atoms with Gasteiger partial charge in [0.1, 0.15) is 0 Å². The summed E-state index contributed by atoms with van der Waals surface area (Å²) in [6.07, 6.45) is 5.24. The molecule has 2 atom stereocenters. The van der Waals surface area contributed by atoms with Crippen LogP contribution < -0.4 is 5.32 Å². The van der Waals surface area contributed by atoms with E-state index in [2.05, 4.69) is 47.8 Å². The zero-order chi connectivity index (χ0) is 14.1. The van der Waals surface area contributed by atoms with Gasteiger partial charge in [0.2, 0.25) is 0 Å². The molecule has 2 aromatic carbocycles. The molecule has 1 aliphatic heterocycles. The molecule has 2 nitrogen and oxygen atoms in total. The minimum Gasteiger partial charge on any atom is -0.360 e. The fourth-order valence-electron chi connectivity index (χ4n) is 3.42. The molecule has 2 aromatic rings. The minimum absolute atomic E-state index is 0.536. The molecular weight excluding hydrogens is 276 g/mol. The van der Waals surface area contributed by atoms with Gasteiger partial charge in [-0.3, -0.25) is 4.99 Å². The first-order chi connectivity index (χ1) is 10.4. The fourth-order valence-corrected chi connectivity index (χ4v) is 4.41. The average Bonchev–Trinajstić information content (AvgIpc) is 2.96. The van der Waals surface area contributed by atoms with Crippen LogP contribution in [-0.4, -0.2) is 17.3 Å². The van der Waals surface area contributed by atoms with Gasteiger partial charge in [-0.25, -0.2) is 0 Å². The molecule has 1 aliphatic carbocycles. The molecule has 1 fully saturated rings. The van der Waals surface area contributed by atoms with Crippen LogP contribution in [0, 0.1) is 0 Å². The Balaban J connectivity index is 1.49. The van der Waals surface area contributed by atoms with Gasteiger partial charge in [-0.15, -0.1) is 0 Å². The Morgan fingerprint density at radius 1 is 1.05 bits per heavy atom. The van der Waals surface area contributed by atoms with Gasteiger partial charge in [0.25, 0.3) is 0 Å². The van der Waals surface area contributed by atoms with Crippen LogP contribution in [0.3, 0.4) is 0 Å². The van der Waals surface area contributed by atoms with E-state index in [1.54, 1.807) is 0 Å². The molecule has 0 bridgehead atoms. The maximum absolute atomic E-state index is 4.87. The number of nitrogens with zero attached hydrogens (tertiary/aromatic N) is 1. The SMILES string of the molecule is c1ccc2c(CSC3=N[C@@H]4CCCC[C@@H]4N3)cccc2c1. The summed E-state index contributed by atoms with van der Waals surface area (Å²) in [5.74, 6) is 0.993. The average molecular weight is 296 g/mol. The first-order valence-electron chi connectivity index (χ1n) is 7.84. The van der Waals surface area contributed by atoms with Crippen LogP contribution >= 0.6 is 11.8 Å². The Bertz CT molecular complexity index is 674. The van der Waals surface area contributed by atoms with E-state index in [1.807, 2.05) is 11.8 Å². The number of nitrogens with one attached hydrogen (secondary N) is 1. The van der Waals surface area contributed by atoms with Crippen LogP contribution in [0.15, 0.2) is 47.5 Å². The van der Waals surface area contributed by atoms with Crippen molar-refractivity contribution in [3.8, 4) is 0 Å². The van der Waals surface area contributed by atoms with Crippen molar-refractivity contribution in [2.45, 2.75) is 43.5 Å². The van der Waals surface area contributed by atoms with Gasteiger partial charge in [-0.2, -0.15) is 0 Å². The molecule has 0 amide bonds. The molecule has 2 aliphatic rings. The first kappa shape index (κ1) is 13.2. The predicted octanol–water partition coefficient (Wildman–Crippen LogP) is 4.34. The largest absolute Gasteiger partial charge is 0.360 e. The van der Waals surface area contributed by atoms with Crippen LogP contribution in [-0.2, 0) is 5.75 Å². The van der Waals surface area contributed by atoms with Gasteiger partial charge >= 0.3 is 0 Å². The van der Waals surface area contributed by atoms with E-state index in [0.29, 0.717) is 12.1 Å². The van der Waals surface area contributed by atoms with Gasteiger partial charge < -0.3 is 5.32 Å². The van der Waals surface area contributed by atoms with Gasteiger partial charge in [-0.05, 0) is 29.2 Å². The lowest BCUT2D eigenvalue weighted by Crippen LogP contribution is -2.36. The van der Waals surface area contributed by atoms with E-state index >= 15 is 0 Å². The van der Waals surface area contributed by atoms with E-state index < -0.39 is 0 Å². The van der Waals surface area contributed by atoms with Crippen LogP contribution in [0.5, 0.6) is 0 Å². The second-order valence-corrected chi connectivity index (χ2v) is 6.93. The molecule has 3 heteroatoms. The summed E-state index contributed by atoms with van der Waals surface area (Å²) in [4.78, 5) is 4.87. The maximum Gasteiger partial charge on any atom is 0.157 e. The second-order valence-electron chi connectivity index (χ2n) is 5.96. The molecule has 0 radical (unpaired) electrons. The summed E-state index contributed by atoms with van der Waals surface area (Å²) >= 11 is 1.86. The minimum atomic E-state index is 0.536. The smallest absolute Gasteiger partial charge is 0.157 e. The van der Waals surface area contributed by atoms with Crippen LogP contribution in [0.1, 0.15) is 31.2 Å². The van der Waals surface area contributed by atoms with E-state index in [0.717, 1.165) is 10.9 Å². The number of amidine groups is 1. The molecule has 4 rings (SSSR count). The summed E-state index contributed by atoms with van der Waals surface area (Å²) in [7, 11) is 0. The lowest BCUT2D eigenvalue weighted by molar-refractivity contribution is 0.385. The third-order valence-electron chi connectivity index (χ3n) is 4.57. The third-order valence-corrected chi connectivity index (χ3v) is 5.52. The van der Waals surface area contributed by atoms with E-state index in [-0.39, 0.29) is 0 Å². The summed E-state index contributed by atoms with van der Waals surface area (Å²) < 4.78 is 0. The van der Waals surface area contributed by atoms with Crippen LogP contribution in [0.4, 0.5) is 0 Å². The molecule has 1 saturated carbocycles. The Kier molecular flexibility index (Phi) is 3.60. The normalized spacial score (nSPS) is 24.5. The quantitative estimate of drug-likeness (QED) is 0.891. The molecule has 21 heavy (non-hydrogen) atoms. The van der Waals surface area contributed by atoms with Crippen molar-refractivity contribution < 1.29 is 0 Å². The predicted molar refractivity (Wildman–Crippen MR) is 91.9 cm³/mol. The fraction of sp³-hybridized carbons (Fsp3) is 0.389. The van der Waals surface area contributed by atoms with E-state index in [4.69, 9.17) is 4.99 Å². The van der Waals surface area contributed by atoms with E-state index in [1.165, 1.54) is 42.0 Å². The molecule has 1 heterocycles. The molecule has 1 N–H and O–H groups in total. The van der Waals surface area contributed by atoms with Gasteiger partial charge in [-0.1, -0.05) is 67.1 Å². The number of benzene rings is 2. The zero-order valence-electron chi connectivity index (χ0n) is 12.1. The molecule has 0 aromatic heterocycles. The number of rotatable bonds is 2. The standard InChI is InChI=1S/C18H20N2S/c1-2-9-15-13(6-1)7-5-8-14(15)12-21-18-19-16-10-3-4-11-17(16)20-18/h1-2,5-9,16-17H,3-4,10-12H2,(H,19,20)/t16-,17+. The highest BCUT2D eigenvalue weighted by Crippen LogP contribution is 2.29. The first-order valence-corrected chi connectivity index (χ1v) is 8.82. The topological polar surface area (TPSA) is 24.4 Å². The van der Waals surface area contributed by atoms with Crippen molar-refractivity contribution in [1.29, 1.82) is 0 Å². The monoisotopic (exact) mass is 296 g/mol. The van der Waals surface area contributed by atoms with E-state index in [9.17, 15) is 0 Å². The Labute approximate surface area is 130 Å². The number of fused-ring (bicyclic) bond motifs is 2. The Morgan fingerprint density at radius 2 is 1.90 bits per heavy atom. The van der Waals surface area contributed by atoms with Crippen molar-refractivity contribution in [2.75, 3.05) is 0 Å². The molecule has 0 saturated heterocycles. The van der Waals surface area contributed by atoms with Crippen molar-refractivity contribution in [2.24, 2.45) is 4.99 Å². The highest BCUT2D eigenvalue weighted by molar-refractivity contribution is 8.13. The van der Waals surface area contributed by atoms with Crippen LogP contribution in [0.25, 0.3) is 10.8 Å². The van der Waals surface area contributed by atoms with Crippen molar-refractivity contribution in [3.05, 3.63) is 48.0 Å². The number of thioether (sulfide) groups is 1. The summed E-state index contributed by atoms with van der Waals surface area (Å²) in [5, 5.41) is 7.47. The zero-order valence-corrected chi connectivity index (χ0v) is 12.9. The molecule has 0 unspecified atom stereocenters. The molecule has 0 spiro atoms. The van der Waals surface area contributed by atoms with Crippen LogP contribution in [0.2, 0.25) is 0 Å². The van der Waals surface area contributed by atoms with Gasteiger partial charge in [0.15, 0.2) is 5.17 Å². The summed E-state index contributed by atoms with van der Waals surface area (Å²) in [5.41, 5.74) is 1.40. The van der Waals surface area contributed by atoms with Crippen molar-refractivity contribution in [3.63, 3.8) is 0 Å². The van der Waals surface area contributed by atoms with Crippen molar-refractivity contribution >= 4 is 27.7 Å². The third kappa shape index (κ3) is 2.67. The molecule has 108 valence electrons. The lowest BCUT2D eigenvalue weighted by atomic mass is 9.92. The Morgan fingerprint density at radius 3 is 2.86 bits per heavy atom. The number of hydrogen-bond acceptors (Lipinski definition) is 3. The maximum atomic E-state index is 4.87. The highest BCUT2D eigenvalue weighted by Gasteiger charge is 2.30. The lowest BCUT2D eigenvalue weighted by Gasteiger charge is -2.23. The van der Waals surface area contributed by atoms with Gasteiger partial charge in [0, 0.05) is 5.75 Å². The van der Waals surface area contributed by atoms with Gasteiger partial charge in [0.05, 0.1) is 12.1 Å². The number of aliphatic imine (C=N–C) groups is 1. The summed E-state index contributed by atoms with van der Waals surface area (Å²) in [6, 6.07) is 16.3.